The maximum Gasteiger partial charge on any atom is 0.240 e. The van der Waals surface area contributed by atoms with Crippen LogP contribution in [0.1, 0.15) is 18.4 Å². The SMILES string of the molecule is CN(C)c1ccc(NC(=O)C2(C(=O)Nc3ccccc3C#N)CC2)cc1. The molecule has 1 saturated carbocycles. The molecule has 6 heteroatoms. The van der Waals surface area contributed by atoms with Crippen LogP contribution in [0.5, 0.6) is 0 Å². The molecule has 1 fully saturated rings. The minimum Gasteiger partial charge on any atom is -0.378 e. The highest BCUT2D eigenvalue weighted by Gasteiger charge is 2.56. The first-order valence-corrected chi connectivity index (χ1v) is 8.36. The smallest absolute Gasteiger partial charge is 0.240 e. The molecule has 2 amide bonds. The van der Waals surface area contributed by atoms with E-state index in [1.165, 1.54) is 0 Å². The number of nitrogens with one attached hydrogen (secondary N) is 2. The van der Waals surface area contributed by atoms with E-state index >= 15 is 0 Å². The summed E-state index contributed by atoms with van der Waals surface area (Å²) in [4.78, 5) is 27.3. The fraction of sp³-hybridized carbons (Fsp3) is 0.250. The molecule has 2 aromatic rings. The van der Waals surface area contributed by atoms with Gasteiger partial charge in [0.15, 0.2) is 0 Å². The average Bonchev–Trinajstić information content (AvgIpc) is 3.44. The lowest BCUT2D eigenvalue weighted by Gasteiger charge is -2.17. The zero-order chi connectivity index (χ0) is 18.7. The molecule has 0 spiro atoms. The number of hydrogen-bond acceptors (Lipinski definition) is 4. The van der Waals surface area contributed by atoms with Crippen molar-refractivity contribution in [2.24, 2.45) is 5.41 Å². The lowest BCUT2D eigenvalue weighted by Crippen LogP contribution is -2.35. The maximum atomic E-state index is 12.7. The van der Waals surface area contributed by atoms with Crippen molar-refractivity contribution in [3.8, 4) is 6.07 Å². The van der Waals surface area contributed by atoms with Gasteiger partial charge in [-0.1, -0.05) is 12.1 Å². The molecule has 132 valence electrons. The molecule has 2 aromatic carbocycles. The summed E-state index contributed by atoms with van der Waals surface area (Å²) in [6, 6.07) is 16.2. The van der Waals surface area contributed by atoms with Gasteiger partial charge in [0.05, 0.1) is 11.3 Å². The molecule has 26 heavy (non-hydrogen) atoms. The van der Waals surface area contributed by atoms with Crippen molar-refractivity contribution >= 4 is 28.9 Å². The van der Waals surface area contributed by atoms with Crippen LogP contribution < -0.4 is 15.5 Å². The fourth-order valence-corrected chi connectivity index (χ4v) is 2.71. The van der Waals surface area contributed by atoms with E-state index in [-0.39, 0.29) is 11.8 Å². The van der Waals surface area contributed by atoms with Crippen LogP contribution in [0.2, 0.25) is 0 Å². The zero-order valence-corrected chi connectivity index (χ0v) is 14.7. The van der Waals surface area contributed by atoms with E-state index in [0.717, 1.165) is 5.69 Å². The van der Waals surface area contributed by atoms with E-state index in [9.17, 15) is 9.59 Å². The Bertz CT molecular complexity index is 877. The molecule has 0 unspecified atom stereocenters. The Morgan fingerprint density at radius 2 is 1.62 bits per heavy atom. The molecule has 2 N–H and O–H groups in total. The standard InChI is InChI=1S/C20H20N4O2/c1-24(2)16-9-7-15(8-10-16)22-18(25)20(11-12-20)19(26)23-17-6-4-3-5-14(17)13-21/h3-10H,11-12H2,1-2H3,(H,22,25)(H,23,26). The predicted molar refractivity (Wildman–Crippen MR) is 101 cm³/mol. The lowest BCUT2D eigenvalue weighted by atomic mass is 10.0. The van der Waals surface area contributed by atoms with E-state index in [4.69, 9.17) is 5.26 Å². The van der Waals surface area contributed by atoms with Crippen LogP contribution in [-0.2, 0) is 9.59 Å². The predicted octanol–water partition coefficient (Wildman–Crippen LogP) is 2.98. The summed E-state index contributed by atoms with van der Waals surface area (Å²) in [6.45, 7) is 0. The lowest BCUT2D eigenvalue weighted by molar-refractivity contribution is -0.131. The van der Waals surface area contributed by atoms with Crippen molar-refractivity contribution < 1.29 is 9.59 Å². The van der Waals surface area contributed by atoms with Crippen LogP contribution in [0.3, 0.4) is 0 Å². The third-order valence-electron chi connectivity index (χ3n) is 4.56. The van der Waals surface area contributed by atoms with Gasteiger partial charge in [0.1, 0.15) is 11.5 Å². The number of nitrogens with zero attached hydrogens (tertiary/aromatic N) is 2. The molecule has 0 saturated heterocycles. The van der Waals surface area contributed by atoms with Crippen LogP contribution in [-0.4, -0.2) is 25.9 Å². The van der Waals surface area contributed by atoms with Crippen molar-refractivity contribution in [1.82, 2.24) is 0 Å². The van der Waals surface area contributed by atoms with Crippen LogP contribution in [0, 0.1) is 16.7 Å². The Labute approximate surface area is 152 Å². The van der Waals surface area contributed by atoms with E-state index in [1.54, 1.807) is 24.3 Å². The molecule has 0 radical (unpaired) electrons. The molecule has 0 aliphatic heterocycles. The molecule has 1 aliphatic carbocycles. The molecule has 0 bridgehead atoms. The fourth-order valence-electron chi connectivity index (χ4n) is 2.71. The summed E-state index contributed by atoms with van der Waals surface area (Å²) < 4.78 is 0. The largest absolute Gasteiger partial charge is 0.378 e. The van der Waals surface area contributed by atoms with E-state index in [1.807, 2.05) is 49.3 Å². The topological polar surface area (TPSA) is 85.2 Å². The minimum atomic E-state index is -1.07. The van der Waals surface area contributed by atoms with Crippen LogP contribution in [0.25, 0.3) is 0 Å². The van der Waals surface area contributed by atoms with Crippen molar-refractivity contribution in [2.45, 2.75) is 12.8 Å². The van der Waals surface area contributed by atoms with Crippen LogP contribution >= 0.6 is 0 Å². The molecule has 6 nitrogen and oxygen atoms in total. The third-order valence-corrected chi connectivity index (χ3v) is 4.56. The Hall–Kier alpha value is -3.33. The van der Waals surface area contributed by atoms with Gasteiger partial charge < -0.3 is 15.5 Å². The highest BCUT2D eigenvalue weighted by Crippen LogP contribution is 2.47. The Balaban J connectivity index is 1.70. The van der Waals surface area contributed by atoms with Crippen LogP contribution in [0.15, 0.2) is 48.5 Å². The number of nitriles is 1. The number of amides is 2. The third kappa shape index (κ3) is 3.38. The van der Waals surface area contributed by atoms with E-state index < -0.39 is 5.41 Å². The van der Waals surface area contributed by atoms with Crippen LogP contribution in [0.4, 0.5) is 17.1 Å². The van der Waals surface area contributed by atoms with Gasteiger partial charge in [0.2, 0.25) is 11.8 Å². The zero-order valence-electron chi connectivity index (χ0n) is 14.7. The quantitative estimate of drug-likeness (QED) is 0.814. The second-order valence-corrected chi connectivity index (χ2v) is 6.59. The first-order chi connectivity index (χ1) is 12.5. The number of anilines is 3. The van der Waals surface area contributed by atoms with Gasteiger partial charge in [-0.3, -0.25) is 9.59 Å². The van der Waals surface area contributed by atoms with Gasteiger partial charge in [0.25, 0.3) is 0 Å². The van der Waals surface area contributed by atoms with Gasteiger partial charge in [-0.15, -0.1) is 0 Å². The Morgan fingerprint density at radius 1 is 1.00 bits per heavy atom. The van der Waals surface area contributed by atoms with Crippen molar-refractivity contribution in [3.63, 3.8) is 0 Å². The van der Waals surface area contributed by atoms with Gasteiger partial charge in [-0.2, -0.15) is 5.26 Å². The van der Waals surface area contributed by atoms with Gasteiger partial charge in [-0.05, 0) is 49.2 Å². The molecule has 0 heterocycles. The van der Waals surface area contributed by atoms with Crippen molar-refractivity contribution in [2.75, 3.05) is 29.6 Å². The monoisotopic (exact) mass is 348 g/mol. The number of carbonyl (C=O) groups is 2. The average molecular weight is 348 g/mol. The number of hydrogen-bond donors (Lipinski definition) is 2. The summed E-state index contributed by atoms with van der Waals surface area (Å²) in [7, 11) is 3.88. The molecule has 0 aromatic heterocycles. The van der Waals surface area contributed by atoms with E-state index in [0.29, 0.717) is 29.8 Å². The molecule has 0 atom stereocenters. The number of rotatable bonds is 5. The first-order valence-electron chi connectivity index (χ1n) is 8.36. The summed E-state index contributed by atoms with van der Waals surface area (Å²) in [6.07, 6.45) is 0.990. The van der Waals surface area contributed by atoms with Crippen molar-refractivity contribution in [1.29, 1.82) is 5.26 Å². The number of carbonyl (C=O) groups excluding carboxylic acids is 2. The molecular formula is C20H20N4O2. The summed E-state index contributed by atoms with van der Waals surface area (Å²) in [5.74, 6) is -0.690. The summed E-state index contributed by atoms with van der Waals surface area (Å²) in [5.41, 5.74) is 1.40. The summed E-state index contributed by atoms with van der Waals surface area (Å²) >= 11 is 0. The second kappa shape index (κ2) is 6.89. The van der Waals surface area contributed by atoms with Crippen molar-refractivity contribution in [3.05, 3.63) is 54.1 Å². The first kappa shape index (κ1) is 17.5. The van der Waals surface area contributed by atoms with Gasteiger partial charge in [-0.25, -0.2) is 0 Å². The highest BCUT2D eigenvalue weighted by atomic mass is 16.2. The van der Waals surface area contributed by atoms with E-state index in [2.05, 4.69) is 10.6 Å². The molecule has 3 rings (SSSR count). The Kier molecular flexibility index (Phi) is 4.63. The van der Waals surface area contributed by atoms with Gasteiger partial charge in [0, 0.05) is 25.5 Å². The minimum absolute atomic E-state index is 0.318. The second-order valence-electron chi connectivity index (χ2n) is 6.59. The Morgan fingerprint density at radius 3 is 2.19 bits per heavy atom. The summed E-state index contributed by atoms with van der Waals surface area (Å²) in [5, 5.41) is 14.7. The highest BCUT2D eigenvalue weighted by molar-refractivity contribution is 6.17. The molecular weight excluding hydrogens is 328 g/mol. The molecule has 1 aliphatic rings. The number of benzene rings is 2. The number of para-hydroxylation sites is 1. The normalized spacial score (nSPS) is 14.0. The van der Waals surface area contributed by atoms with Gasteiger partial charge >= 0.3 is 0 Å². The maximum absolute atomic E-state index is 12.7.